The van der Waals surface area contributed by atoms with Crippen LogP contribution in [0.15, 0.2) is 0 Å². The van der Waals surface area contributed by atoms with Crippen molar-refractivity contribution in [2.75, 3.05) is 13.1 Å². The molecular formula is C17H29N5O. The molecule has 3 rings (SSSR count). The molecule has 2 N–H and O–H groups in total. The monoisotopic (exact) mass is 319 g/mol. The Morgan fingerprint density at radius 3 is 2.78 bits per heavy atom. The van der Waals surface area contributed by atoms with Crippen LogP contribution in [0.25, 0.3) is 0 Å². The van der Waals surface area contributed by atoms with Gasteiger partial charge in [-0.3, -0.25) is 4.79 Å². The van der Waals surface area contributed by atoms with E-state index in [-0.39, 0.29) is 12.0 Å². The number of amides is 1. The molecule has 128 valence electrons. The van der Waals surface area contributed by atoms with Crippen LogP contribution in [0.5, 0.6) is 0 Å². The number of hydrogen-bond acceptors (Lipinski definition) is 4. The molecule has 1 aliphatic heterocycles. The van der Waals surface area contributed by atoms with Crippen molar-refractivity contribution in [1.29, 1.82) is 0 Å². The molecule has 1 aromatic rings. The molecule has 0 radical (unpaired) electrons. The topological polar surface area (TPSA) is 77.0 Å². The largest absolute Gasteiger partial charge is 0.342 e. The summed E-state index contributed by atoms with van der Waals surface area (Å²) in [5.41, 5.74) is 6.05. The maximum atomic E-state index is 12.8. The molecule has 3 atom stereocenters. The minimum Gasteiger partial charge on any atom is -0.342 e. The normalized spacial score (nSPS) is 28.8. The lowest BCUT2D eigenvalue weighted by Gasteiger charge is -2.36. The van der Waals surface area contributed by atoms with Crippen molar-refractivity contribution in [3.8, 4) is 0 Å². The summed E-state index contributed by atoms with van der Waals surface area (Å²) in [7, 11) is 0. The molecule has 1 aliphatic carbocycles. The average Bonchev–Trinajstić information content (AvgIpc) is 2.84. The molecule has 1 saturated heterocycles. The summed E-state index contributed by atoms with van der Waals surface area (Å²) >= 11 is 0. The molecule has 2 fully saturated rings. The van der Waals surface area contributed by atoms with Gasteiger partial charge in [-0.15, -0.1) is 0 Å². The highest BCUT2D eigenvalue weighted by Gasteiger charge is 2.31. The number of carbonyl (C=O) groups excluding carboxylic acids is 1. The Balaban J connectivity index is 1.59. The first-order chi connectivity index (χ1) is 11.0. The standard InChI is InChI=1S/C17H29N5O/c1-12-19-13(2)22(20-12)11-14-5-4-8-21(10-14)17(23)15-6-3-7-16(18)9-15/h14-16H,3-11,18H2,1-2H3. The quantitative estimate of drug-likeness (QED) is 0.919. The van der Waals surface area contributed by atoms with E-state index in [0.717, 1.165) is 69.8 Å². The molecule has 0 bridgehead atoms. The van der Waals surface area contributed by atoms with Crippen molar-refractivity contribution in [3.05, 3.63) is 11.6 Å². The van der Waals surface area contributed by atoms with Gasteiger partial charge in [0.2, 0.25) is 5.91 Å². The second-order valence-corrected chi connectivity index (χ2v) is 7.30. The predicted molar refractivity (Wildman–Crippen MR) is 88.7 cm³/mol. The van der Waals surface area contributed by atoms with Crippen molar-refractivity contribution in [2.45, 2.75) is 65.0 Å². The van der Waals surface area contributed by atoms with E-state index in [1.807, 2.05) is 18.5 Å². The van der Waals surface area contributed by atoms with E-state index in [2.05, 4.69) is 15.0 Å². The zero-order valence-corrected chi connectivity index (χ0v) is 14.4. The Kier molecular flexibility index (Phi) is 4.99. The lowest BCUT2D eigenvalue weighted by molar-refractivity contribution is -0.138. The summed E-state index contributed by atoms with van der Waals surface area (Å²) < 4.78 is 1.99. The van der Waals surface area contributed by atoms with Crippen LogP contribution in [0, 0.1) is 25.7 Å². The number of aromatic nitrogens is 3. The van der Waals surface area contributed by atoms with Crippen molar-refractivity contribution in [3.63, 3.8) is 0 Å². The number of nitrogens with two attached hydrogens (primary N) is 1. The fourth-order valence-corrected chi connectivity index (χ4v) is 4.10. The summed E-state index contributed by atoms with van der Waals surface area (Å²) in [5, 5.41) is 4.46. The number of carbonyl (C=O) groups is 1. The van der Waals surface area contributed by atoms with Gasteiger partial charge >= 0.3 is 0 Å². The van der Waals surface area contributed by atoms with E-state index in [1.165, 1.54) is 0 Å². The van der Waals surface area contributed by atoms with Crippen LogP contribution >= 0.6 is 0 Å². The van der Waals surface area contributed by atoms with E-state index in [4.69, 9.17) is 5.73 Å². The molecule has 6 nitrogen and oxygen atoms in total. The lowest BCUT2D eigenvalue weighted by Crippen LogP contribution is -2.46. The number of nitrogens with zero attached hydrogens (tertiary/aromatic N) is 4. The van der Waals surface area contributed by atoms with Gasteiger partial charge in [0.25, 0.3) is 0 Å². The second kappa shape index (κ2) is 6.99. The summed E-state index contributed by atoms with van der Waals surface area (Å²) in [5.74, 6) is 2.74. The first-order valence-electron chi connectivity index (χ1n) is 8.95. The number of likely N-dealkylation sites (tertiary alicyclic amines) is 1. The van der Waals surface area contributed by atoms with Gasteiger partial charge in [0.05, 0.1) is 0 Å². The third kappa shape index (κ3) is 3.91. The smallest absolute Gasteiger partial charge is 0.225 e. The summed E-state index contributed by atoms with van der Waals surface area (Å²) in [6.07, 6.45) is 6.27. The van der Waals surface area contributed by atoms with Gasteiger partial charge in [-0.1, -0.05) is 6.42 Å². The Bertz CT molecular complexity index is 555. The summed E-state index contributed by atoms with van der Waals surface area (Å²) in [6, 6.07) is 0.207. The van der Waals surface area contributed by atoms with Gasteiger partial charge < -0.3 is 10.6 Å². The summed E-state index contributed by atoms with van der Waals surface area (Å²) in [4.78, 5) is 19.3. The molecular weight excluding hydrogens is 290 g/mol. The average molecular weight is 319 g/mol. The Hall–Kier alpha value is -1.43. The van der Waals surface area contributed by atoms with E-state index < -0.39 is 0 Å². The van der Waals surface area contributed by atoms with Crippen molar-refractivity contribution in [1.82, 2.24) is 19.7 Å². The Morgan fingerprint density at radius 1 is 1.26 bits per heavy atom. The Labute approximate surface area is 138 Å². The van der Waals surface area contributed by atoms with Crippen molar-refractivity contribution < 1.29 is 4.79 Å². The van der Waals surface area contributed by atoms with E-state index in [1.54, 1.807) is 0 Å². The maximum absolute atomic E-state index is 12.8. The molecule has 0 spiro atoms. The van der Waals surface area contributed by atoms with Crippen LogP contribution in [0.4, 0.5) is 0 Å². The van der Waals surface area contributed by atoms with Crippen molar-refractivity contribution >= 4 is 5.91 Å². The number of rotatable bonds is 3. The molecule has 1 saturated carbocycles. The van der Waals surface area contributed by atoms with Crippen LogP contribution in [-0.4, -0.2) is 44.7 Å². The maximum Gasteiger partial charge on any atom is 0.225 e. The third-order valence-electron chi connectivity index (χ3n) is 5.29. The molecule has 6 heteroatoms. The SMILES string of the molecule is Cc1nc(C)n(CC2CCCN(C(=O)C3CCCC(N)C3)C2)n1. The van der Waals surface area contributed by atoms with Gasteiger partial charge in [-0.2, -0.15) is 5.10 Å². The zero-order chi connectivity index (χ0) is 16.4. The minimum absolute atomic E-state index is 0.146. The highest BCUT2D eigenvalue weighted by molar-refractivity contribution is 5.79. The van der Waals surface area contributed by atoms with Crippen molar-refractivity contribution in [2.24, 2.45) is 17.6 Å². The molecule has 1 aromatic heterocycles. The van der Waals surface area contributed by atoms with Crippen LogP contribution < -0.4 is 5.73 Å². The van der Waals surface area contributed by atoms with Gasteiger partial charge in [0.15, 0.2) is 0 Å². The molecule has 23 heavy (non-hydrogen) atoms. The van der Waals surface area contributed by atoms with E-state index in [0.29, 0.717) is 11.8 Å². The van der Waals surface area contributed by atoms with Gasteiger partial charge in [0.1, 0.15) is 11.6 Å². The highest BCUT2D eigenvalue weighted by atomic mass is 16.2. The molecule has 2 aliphatic rings. The highest BCUT2D eigenvalue weighted by Crippen LogP contribution is 2.27. The first kappa shape index (κ1) is 16.4. The predicted octanol–water partition coefficient (Wildman–Crippen LogP) is 1.65. The van der Waals surface area contributed by atoms with Gasteiger partial charge in [0, 0.05) is 31.6 Å². The van der Waals surface area contributed by atoms with Crippen LogP contribution in [-0.2, 0) is 11.3 Å². The van der Waals surface area contributed by atoms with Crippen LogP contribution in [0.3, 0.4) is 0 Å². The van der Waals surface area contributed by atoms with Gasteiger partial charge in [-0.05, 0) is 51.9 Å². The summed E-state index contributed by atoms with van der Waals surface area (Å²) in [6.45, 7) is 6.53. The van der Waals surface area contributed by atoms with Crippen LogP contribution in [0.2, 0.25) is 0 Å². The first-order valence-corrected chi connectivity index (χ1v) is 8.95. The molecule has 2 heterocycles. The molecule has 0 aromatic carbocycles. The number of piperidine rings is 1. The number of hydrogen-bond donors (Lipinski definition) is 1. The minimum atomic E-state index is 0.146. The second-order valence-electron chi connectivity index (χ2n) is 7.30. The van der Waals surface area contributed by atoms with E-state index in [9.17, 15) is 4.79 Å². The molecule has 3 unspecified atom stereocenters. The van der Waals surface area contributed by atoms with E-state index >= 15 is 0 Å². The fraction of sp³-hybridized carbons (Fsp3) is 0.824. The fourth-order valence-electron chi connectivity index (χ4n) is 4.10. The molecule has 1 amide bonds. The van der Waals surface area contributed by atoms with Gasteiger partial charge in [-0.25, -0.2) is 9.67 Å². The van der Waals surface area contributed by atoms with Crippen LogP contribution in [0.1, 0.15) is 50.2 Å². The third-order valence-corrected chi connectivity index (χ3v) is 5.29. The Morgan fingerprint density at radius 2 is 2.09 bits per heavy atom. The zero-order valence-electron chi connectivity index (χ0n) is 14.4. The lowest BCUT2D eigenvalue weighted by atomic mass is 9.84. The number of aryl methyl sites for hydroxylation is 2.